The lowest BCUT2D eigenvalue weighted by atomic mass is 10.1. The summed E-state index contributed by atoms with van der Waals surface area (Å²) < 4.78 is 0. The second-order valence-corrected chi connectivity index (χ2v) is 3.17. The number of nitrogens with zero attached hydrogens (tertiary/aromatic N) is 3. The number of aliphatic imine (C=N–C) groups is 3. The standard InChI is InChI=1S/C10H16N4/c1-6-7(2)14-10(13-5)8(6)9(11-3)12-4/h7H,5H2,1-4H3,(H,11,12). The van der Waals surface area contributed by atoms with E-state index in [-0.39, 0.29) is 6.04 Å². The van der Waals surface area contributed by atoms with E-state index in [1.54, 1.807) is 7.05 Å². The van der Waals surface area contributed by atoms with E-state index in [4.69, 9.17) is 0 Å². The molecule has 0 aromatic heterocycles. The van der Waals surface area contributed by atoms with Crippen molar-refractivity contribution in [3.63, 3.8) is 0 Å². The number of likely N-dealkylation sites (N-methyl/N-ethyl adjacent to an activating group) is 1. The van der Waals surface area contributed by atoms with Crippen LogP contribution >= 0.6 is 0 Å². The van der Waals surface area contributed by atoms with Crippen LogP contribution in [0.4, 0.5) is 0 Å². The van der Waals surface area contributed by atoms with Crippen molar-refractivity contribution in [1.82, 2.24) is 5.32 Å². The molecule has 1 aliphatic heterocycles. The van der Waals surface area contributed by atoms with E-state index >= 15 is 0 Å². The van der Waals surface area contributed by atoms with Gasteiger partial charge in [-0.05, 0) is 26.1 Å². The average molecular weight is 192 g/mol. The van der Waals surface area contributed by atoms with Crippen LogP contribution in [0.1, 0.15) is 13.8 Å². The molecule has 0 saturated heterocycles. The first-order valence-electron chi connectivity index (χ1n) is 4.56. The zero-order valence-corrected chi connectivity index (χ0v) is 9.13. The number of hydrogen-bond donors (Lipinski definition) is 1. The van der Waals surface area contributed by atoms with Crippen molar-refractivity contribution in [2.75, 3.05) is 14.1 Å². The third-order valence-corrected chi connectivity index (χ3v) is 2.41. The number of amidine groups is 2. The molecule has 0 bridgehead atoms. The summed E-state index contributed by atoms with van der Waals surface area (Å²) in [5.74, 6) is 1.50. The maximum Gasteiger partial charge on any atom is 0.158 e. The van der Waals surface area contributed by atoms with Gasteiger partial charge in [0.1, 0.15) is 5.84 Å². The van der Waals surface area contributed by atoms with Crippen molar-refractivity contribution < 1.29 is 0 Å². The summed E-state index contributed by atoms with van der Waals surface area (Å²) in [6, 6.07) is 0.176. The Morgan fingerprint density at radius 1 is 1.57 bits per heavy atom. The normalized spacial score (nSPS) is 22.4. The maximum absolute atomic E-state index is 4.38. The summed E-state index contributed by atoms with van der Waals surface area (Å²) in [7, 11) is 3.59. The van der Waals surface area contributed by atoms with Crippen molar-refractivity contribution in [2.45, 2.75) is 19.9 Å². The number of nitrogens with one attached hydrogen (secondary N) is 1. The van der Waals surface area contributed by atoms with Crippen LogP contribution in [0.25, 0.3) is 0 Å². The predicted octanol–water partition coefficient (Wildman–Crippen LogP) is 1.05. The van der Waals surface area contributed by atoms with Gasteiger partial charge < -0.3 is 5.32 Å². The second kappa shape index (κ2) is 4.17. The van der Waals surface area contributed by atoms with E-state index in [2.05, 4.69) is 27.0 Å². The van der Waals surface area contributed by atoms with Gasteiger partial charge in [0.25, 0.3) is 0 Å². The van der Waals surface area contributed by atoms with Crippen molar-refractivity contribution in [1.29, 1.82) is 0 Å². The minimum atomic E-state index is 0.176. The zero-order valence-electron chi connectivity index (χ0n) is 9.13. The topological polar surface area (TPSA) is 49.1 Å². The first-order valence-corrected chi connectivity index (χ1v) is 4.56. The van der Waals surface area contributed by atoms with Gasteiger partial charge in [0.2, 0.25) is 0 Å². The van der Waals surface area contributed by atoms with Crippen LogP contribution in [-0.4, -0.2) is 38.5 Å². The van der Waals surface area contributed by atoms with Gasteiger partial charge in [-0.2, -0.15) is 0 Å². The lowest BCUT2D eigenvalue weighted by Crippen LogP contribution is -2.24. The molecule has 0 fully saturated rings. The third kappa shape index (κ3) is 1.60. The molecule has 76 valence electrons. The highest BCUT2D eigenvalue weighted by atomic mass is 15.0. The van der Waals surface area contributed by atoms with Gasteiger partial charge in [0, 0.05) is 14.1 Å². The first-order chi connectivity index (χ1) is 6.65. The minimum Gasteiger partial charge on any atom is -0.373 e. The molecule has 0 spiro atoms. The van der Waals surface area contributed by atoms with Gasteiger partial charge in [0.15, 0.2) is 5.84 Å². The Balaban J connectivity index is 3.18. The molecule has 1 aliphatic rings. The van der Waals surface area contributed by atoms with E-state index in [9.17, 15) is 0 Å². The average Bonchev–Trinajstić information content (AvgIpc) is 2.47. The van der Waals surface area contributed by atoms with Crippen molar-refractivity contribution in [2.24, 2.45) is 15.0 Å². The first kappa shape index (κ1) is 10.6. The molecule has 0 amide bonds. The fraction of sp³-hybridized carbons (Fsp3) is 0.500. The molecule has 1 N–H and O–H groups in total. The highest BCUT2D eigenvalue weighted by Gasteiger charge is 2.24. The van der Waals surface area contributed by atoms with Crippen molar-refractivity contribution >= 4 is 18.4 Å². The Morgan fingerprint density at radius 2 is 2.21 bits per heavy atom. The Hall–Kier alpha value is -1.45. The molecular formula is C10H16N4. The zero-order chi connectivity index (χ0) is 10.7. The van der Waals surface area contributed by atoms with Crippen LogP contribution in [0.5, 0.6) is 0 Å². The summed E-state index contributed by atoms with van der Waals surface area (Å²) in [4.78, 5) is 12.4. The molecule has 14 heavy (non-hydrogen) atoms. The molecule has 0 aromatic carbocycles. The van der Waals surface area contributed by atoms with Crippen molar-refractivity contribution in [3.8, 4) is 0 Å². The Kier molecular flexibility index (Phi) is 3.17. The molecule has 4 nitrogen and oxygen atoms in total. The fourth-order valence-electron chi connectivity index (χ4n) is 1.49. The highest BCUT2D eigenvalue weighted by molar-refractivity contribution is 6.25. The van der Waals surface area contributed by atoms with Crippen LogP contribution in [0, 0.1) is 0 Å². The summed E-state index contributed by atoms with van der Waals surface area (Å²) >= 11 is 0. The van der Waals surface area contributed by atoms with E-state index in [0.29, 0.717) is 5.84 Å². The lowest BCUT2D eigenvalue weighted by molar-refractivity contribution is 0.881. The van der Waals surface area contributed by atoms with Crippen LogP contribution in [0.3, 0.4) is 0 Å². The van der Waals surface area contributed by atoms with Gasteiger partial charge >= 0.3 is 0 Å². The Morgan fingerprint density at radius 3 is 2.64 bits per heavy atom. The van der Waals surface area contributed by atoms with Gasteiger partial charge in [-0.1, -0.05) is 0 Å². The molecule has 0 radical (unpaired) electrons. The van der Waals surface area contributed by atoms with Crippen LogP contribution < -0.4 is 5.32 Å². The van der Waals surface area contributed by atoms with Gasteiger partial charge in [-0.15, -0.1) is 0 Å². The molecule has 4 heteroatoms. The van der Waals surface area contributed by atoms with E-state index in [1.165, 1.54) is 5.57 Å². The number of rotatable bonds is 1. The van der Waals surface area contributed by atoms with Gasteiger partial charge in [0.05, 0.1) is 11.6 Å². The second-order valence-electron chi connectivity index (χ2n) is 3.17. The van der Waals surface area contributed by atoms with Gasteiger partial charge in [-0.3, -0.25) is 9.98 Å². The number of hydrogen-bond acceptors (Lipinski definition) is 3. The summed E-state index contributed by atoms with van der Waals surface area (Å²) in [6.45, 7) is 7.60. The molecule has 1 heterocycles. The van der Waals surface area contributed by atoms with Crippen LogP contribution in [0.15, 0.2) is 26.1 Å². The molecule has 1 rings (SSSR count). The smallest absolute Gasteiger partial charge is 0.158 e. The van der Waals surface area contributed by atoms with E-state index in [0.717, 1.165) is 11.4 Å². The van der Waals surface area contributed by atoms with Crippen LogP contribution in [-0.2, 0) is 0 Å². The van der Waals surface area contributed by atoms with Gasteiger partial charge in [-0.25, -0.2) is 4.99 Å². The summed E-state index contributed by atoms with van der Waals surface area (Å²) in [6.07, 6.45) is 0. The molecule has 0 saturated carbocycles. The summed E-state index contributed by atoms with van der Waals surface area (Å²) in [5, 5.41) is 3.03. The lowest BCUT2D eigenvalue weighted by Gasteiger charge is -2.07. The predicted molar refractivity (Wildman–Crippen MR) is 61.6 cm³/mol. The van der Waals surface area contributed by atoms with E-state index < -0.39 is 0 Å². The van der Waals surface area contributed by atoms with E-state index in [1.807, 2.05) is 20.9 Å². The Labute approximate surface area is 84.6 Å². The quantitative estimate of drug-likeness (QED) is 0.490. The SMILES string of the molecule is C=NC1=NC(C)C(C)=C1/C(=N/C)NC. The largest absolute Gasteiger partial charge is 0.373 e. The maximum atomic E-state index is 4.38. The molecule has 0 aromatic rings. The molecular weight excluding hydrogens is 176 g/mol. The van der Waals surface area contributed by atoms with Crippen LogP contribution in [0.2, 0.25) is 0 Å². The molecule has 0 aliphatic carbocycles. The van der Waals surface area contributed by atoms with Crippen molar-refractivity contribution in [3.05, 3.63) is 11.1 Å². The monoisotopic (exact) mass is 192 g/mol. The minimum absolute atomic E-state index is 0.176. The highest BCUT2D eigenvalue weighted by Crippen LogP contribution is 2.22. The summed E-state index contributed by atoms with van der Waals surface area (Å²) in [5.41, 5.74) is 2.17. The fourth-order valence-corrected chi connectivity index (χ4v) is 1.49. The molecule has 1 atom stereocenters. The molecule has 1 unspecified atom stereocenters. The third-order valence-electron chi connectivity index (χ3n) is 2.41. The Bertz CT molecular complexity index is 336.